The van der Waals surface area contributed by atoms with Crippen molar-refractivity contribution in [3.63, 3.8) is 0 Å². The number of esters is 1. The summed E-state index contributed by atoms with van der Waals surface area (Å²) in [5.74, 6) is -0.0202. The SMILES string of the molecule is CCCCC/C=C\C/C=C\CCCCCCCC(=O)OCCCCCCCCCCCCCCCCCCCCCCCCCCCCCCCCC(=O)NC(CO)C(O)CCCCCCCCCCCCCCCCCCCC. The molecule has 474 valence electrons. The third-order valence-electron chi connectivity index (χ3n) is 17.3. The van der Waals surface area contributed by atoms with Crippen LogP contribution >= 0.6 is 0 Å². The largest absolute Gasteiger partial charge is 0.466 e. The van der Waals surface area contributed by atoms with E-state index in [-0.39, 0.29) is 18.5 Å². The fourth-order valence-electron chi connectivity index (χ4n) is 11.7. The van der Waals surface area contributed by atoms with Crippen molar-refractivity contribution in [2.45, 2.75) is 424 Å². The zero-order chi connectivity index (χ0) is 57.8. The molecule has 0 fully saturated rings. The first-order valence-corrected chi connectivity index (χ1v) is 36.6. The van der Waals surface area contributed by atoms with Crippen molar-refractivity contribution in [3.05, 3.63) is 24.3 Å². The average molecular weight is 1130 g/mol. The van der Waals surface area contributed by atoms with Gasteiger partial charge in [0.2, 0.25) is 5.91 Å². The lowest BCUT2D eigenvalue weighted by atomic mass is 10.0. The van der Waals surface area contributed by atoms with Gasteiger partial charge < -0.3 is 20.3 Å². The maximum absolute atomic E-state index is 12.5. The van der Waals surface area contributed by atoms with Gasteiger partial charge in [0.1, 0.15) is 0 Å². The topological polar surface area (TPSA) is 95.9 Å². The van der Waals surface area contributed by atoms with Gasteiger partial charge in [0.15, 0.2) is 0 Å². The molecule has 6 heteroatoms. The minimum atomic E-state index is -0.662. The first kappa shape index (κ1) is 78.3. The third kappa shape index (κ3) is 65.5. The number of ether oxygens (including phenoxy) is 1. The molecule has 0 aliphatic rings. The lowest BCUT2D eigenvalue weighted by Crippen LogP contribution is -2.45. The fourth-order valence-corrected chi connectivity index (χ4v) is 11.7. The molecule has 0 aromatic heterocycles. The van der Waals surface area contributed by atoms with Crippen molar-refractivity contribution in [2.75, 3.05) is 13.2 Å². The molecular formula is C74H143NO5. The Morgan fingerprint density at radius 3 is 0.975 bits per heavy atom. The van der Waals surface area contributed by atoms with Crippen LogP contribution < -0.4 is 5.32 Å². The second kappa shape index (κ2) is 69.8. The Labute approximate surface area is 501 Å². The smallest absolute Gasteiger partial charge is 0.305 e. The van der Waals surface area contributed by atoms with E-state index in [4.69, 9.17) is 4.74 Å². The summed E-state index contributed by atoms with van der Waals surface area (Å²) in [4.78, 5) is 24.6. The molecule has 6 nitrogen and oxygen atoms in total. The normalized spacial score (nSPS) is 12.6. The number of nitrogens with one attached hydrogen (secondary N) is 1. The molecule has 0 spiro atoms. The zero-order valence-corrected chi connectivity index (χ0v) is 54.3. The monoisotopic (exact) mass is 1130 g/mol. The average Bonchev–Trinajstić information content (AvgIpc) is 3.46. The van der Waals surface area contributed by atoms with Crippen molar-refractivity contribution in [1.29, 1.82) is 0 Å². The van der Waals surface area contributed by atoms with Gasteiger partial charge in [-0.05, 0) is 57.8 Å². The molecule has 3 N–H and O–H groups in total. The van der Waals surface area contributed by atoms with Crippen molar-refractivity contribution < 1.29 is 24.5 Å². The molecule has 0 saturated carbocycles. The van der Waals surface area contributed by atoms with E-state index in [2.05, 4.69) is 43.5 Å². The lowest BCUT2D eigenvalue weighted by molar-refractivity contribution is -0.143. The predicted molar refractivity (Wildman–Crippen MR) is 352 cm³/mol. The lowest BCUT2D eigenvalue weighted by Gasteiger charge is -2.22. The standard InChI is InChI=1S/C74H143NO5/c1-3-5-7-9-11-13-15-17-19-20-35-39-42-46-50-54-58-62-66-72(77)71(70-76)75-73(78)67-63-59-55-51-47-43-40-36-33-31-29-27-25-23-21-22-24-26-28-30-32-34-37-41-45-49-53-57-61-65-69-80-74(79)68-64-60-56-52-48-44-38-18-16-14-12-10-8-6-4-2/h12,14,18,38,71-72,76-77H,3-11,13,15-17,19-37,39-70H2,1-2H3,(H,75,78)/b14-12-,38-18-. The Hall–Kier alpha value is -1.66. The highest BCUT2D eigenvalue weighted by atomic mass is 16.5. The van der Waals surface area contributed by atoms with E-state index >= 15 is 0 Å². The molecule has 0 aliphatic carbocycles. The number of carbonyl (C=O) groups is 2. The Morgan fingerprint density at radius 1 is 0.350 bits per heavy atom. The summed E-state index contributed by atoms with van der Waals surface area (Å²) in [6.45, 7) is 4.96. The van der Waals surface area contributed by atoms with Crippen LogP contribution in [0.25, 0.3) is 0 Å². The van der Waals surface area contributed by atoms with Crippen molar-refractivity contribution in [2.24, 2.45) is 0 Å². The summed E-state index contributed by atoms with van der Waals surface area (Å²) in [5.41, 5.74) is 0. The summed E-state index contributed by atoms with van der Waals surface area (Å²) in [6, 6.07) is -0.539. The van der Waals surface area contributed by atoms with Crippen LogP contribution in [-0.4, -0.2) is 47.4 Å². The molecule has 2 atom stereocenters. The first-order valence-electron chi connectivity index (χ1n) is 36.6. The van der Waals surface area contributed by atoms with Crippen LogP contribution in [0.5, 0.6) is 0 Å². The quantitative estimate of drug-likeness (QED) is 0.0320. The van der Waals surface area contributed by atoms with E-state index in [0.717, 1.165) is 51.4 Å². The summed E-state index contributed by atoms with van der Waals surface area (Å²) in [7, 11) is 0. The molecule has 0 rings (SSSR count). The number of hydrogen-bond donors (Lipinski definition) is 3. The molecule has 0 aliphatic heterocycles. The number of hydrogen-bond acceptors (Lipinski definition) is 5. The van der Waals surface area contributed by atoms with Gasteiger partial charge in [-0.15, -0.1) is 0 Å². The maximum atomic E-state index is 12.5. The number of aliphatic hydroxyl groups is 2. The van der Waals surface area contributed by atoms with E-state index < -0.39 is 12.1 Å². The molecule has 2 unspecified atom stereocenters. The third-order valence-corrected chi connectivity index (χ3v) is 17.3. The fraction of sp³-hybridized carbons (Fsp3) is 0.919. The molecule has 0 aromatic carbocycles. The summed E-state index contributed by atoms with van der Waals surface area (Å²) < 4.78 is 5.49. The van der Waals surface area contributed by atoms with Crippen LogP contribution in [-0.2, 0) is 14.3 Å². The minimum Gasteiger partial charge on any atom is -0.466 e. The molecule has 0 radical (unpaired) electrons. The van der Waals surface area contributed by atoms with E-state index in [9.17, 15) is 19.8 Å². The van der Waals surface area contributed by atoms with Crippen molar-refractivity contribution in [3.8, 4) is 0 Å². The molecule has 0 aromatic rings. The van der Waals surface area contributed by atoms with Crippen LogP contribution in [0.15, 0.2) is 24.3 Å². The van der Waals surface area contributed by atoms with Gasteiger partial charge in [0, 0.05) is 12.8 Å². The predicted octanol–water partition coefficient (Wildman–Crippen LogP) is 23.7. The van der Waals surface area contributed by atoms with Gasteiger partial charge in [-0.1, -0.05) is 366 Å². The Bertz CT molecular complexity index is 1250. The Morgan fingerprint density at radius 2 is 0.625 bits per heavy atom. The second-order valence-corrected chi connectivity index (χ2v) is 25.3. The summed E-state index contributed by atoms with van der Waals surface area (Å²) >= 11 is 0. The van der Waals surface area contributed by atoms with Crippen LogP contribution in [0.1, 0.15) is 412 Å². The highest BCUT2D eigenvalue weighted by Crippen LogP contribution is 2.19. The maximum Gasteiger partial charge on any atom is 0.305 e. The molecule has 0 heterocycles. The molecule has 0 bridgehead atoms. The number of amides is 1. The van der Waals surface area contributed by atoms with Crippen molar-refractivity contribution in [1.82, 2.24) is 5.32 Å². The molecule has 1 amide bonds. The number of aliphatic hydroxyl groups excluding tert-OH is 2. The number of rotatable bonds is 69. The van der Waals surface area contributed by atoms with E-state index in [1.165, 1.54) is 327 Å². The number of carbonyl (C=O) groups excluding carboxylic acids is 2. The second-order valence-electron chi connectivity index (χ2n) is 25.3. The van der Waals surface area contributed by atoms with Gasteiger partial charge >= 0.3 is 5.97 Å². The first-order chi connectivity index (χ1) is 39.5. The Balaban J connectivity index is 3.33. The number of unbranched alkanes of at least 4 members (excludes halogenated alkanes) is 54. The zero-order valence-electron chi connectivity index (χ0n) is 54.3. The van der Waals surface area contributed by atoms with Crippen LogP contribution in [0, 0.1) is 0 Å². The molecule has 0 saturated heterocycles. The summed E-state index contributed by atoms with van der Waals surface area (Å²) in [5, 5.41) is 23.4. The van der Waals surface area contributed by atoms with E-state index in [1.54, 1.807) is 0 Å². The van der Waals surface area contributed by atoms with Crippen LogP contribution in [0.2, 0.25) is 0 Å². The van der Waals surface area contributed by atoms with Gasteiger partial charge in [-0.25, -0.2) is 0 Å². The molecular weight excluding hydrogens is 983 g/mol. The Kier molecular flexibility index (Phi) is 68.4. The minimum absolute atomic E-state index is 0.00679. The van der Waals surface area contributed by atoms with Crippen LogP contribution in [0.3, 0.4) is 0 Å². The van der Waals surface area contributed by atoms with Gasteiger partial charge in [0.05, 0.1) is 25.4 Å². The van der Waals surface area contributed by atoms with E-state index in [0.29, 0.717) is 25.9 Å². The van der Waals surface area contributed by atoms with Gasteiger partial charge in [0.25, 0.3) is 0 Å². The van der Waals surface area contributed by atoms with Crippen LogP contribution in [0.4, 0.5) is 0 Å². The highest BCUT2D eigenvalue weighted by Gasteiger charge is 2.20. The molecule has 80 heavy (non-hydrogen) atoms. The van der Waals surface area contributed by atoms with E-state index in [1.807, 2.05) is 0 Å². The highest BCUT2D eigenvalue weighted by molar-refractivity contribution is 5.76. The van der Waals surface area contributed by atoms with Gasteiger partial charge in [-0.3, -0.25) is 9.59 Å². The van der Waals surface area contributed by atoms with Gasteiger partial charge in [-0.2, -0.15) is 0 Å². The summed E-state index contributed by atoms with van der Waals surface area (Å²) in [6.07, 6.45) is 88.1. The number of allylic oxidation sites excluding steroid dienone is 4. The van der Waals surface area contributed by atoms with Crippen molar-refractivity contribution >= 4 is 11.9 Å².